The molecule has 7 nitrogen and oxygen atoms in total. The predicted molar refractivity (Wildman–Crippen MR) is 96.4 cm³/mol. The lowest BCUT2D eigenvalue weighted by atomic mass is 10.1. The van der Waals surface area contributed by atoms with Gasteiger partial charge in [-0.15, -0.1) is 0 Å². The minimum atomic E-state index is -0.255. The molecule has 0 fully saturated rings. The van der Waals surface area contributed by atoms with Crippen molar-refractivity contribution >= 4 is 11.9 Å². The van der Waals surface area contributed by atoms with Crippen molar-refractivity contribution in [2.45, 2.75) is 46.7 Å². The lowest BCUT2D eigenvalue weighted by molar-refractivity contribution is -0.121. The molecular formula is C17H29N5O2. The van der Waals surface area contributed by atoms with Gasteiger partial charge < -0.3 is 20.7 Å². The highest BCUT2D eigenvalue weighted by atomic mass is 16.5. The molecule has 0 radical (unpaired) electrons. The maximum atomic E-state index is 11.8. The zero-order valence-corrected chi connectivity index (χ0v) is 15.7. The summed E-state index contributed by atoms with van der Waals surface area (Å²) >= 11 is 0. The highest BCUT2D eigenvalue weighted by molar-refractivity contribution is 5.86. The first-order valence-corrected chi connectivity index (χ1v) is 7.92. The summed E-state index contributed by atoms with van der Waals surface area (Å²) in [6, 6.07) is 0. The number of ether oxygens (including phenoxy) is 1. The Morgan fingerprint density at radius 3 is 2.50 bits per heavy atom. The summed E-state index contributed by atoms with van der Waals surface area (Å²) in [7, 11) is 3.31. The van der Waals surface area contributed by atoms with Crippen LogP contribution in [0.1, 0.15) is 37.6 Å². The molecule has 0 aromatic carbocycles. The topological polar surface area (TPSA) is 87.6 Å². The third kappa shape index (κ3) is 6.06. The number of pyridine rings is 1. The summed E-state index contributed by atoms with van der Waals surface area (Å²) in [5, 5.41) is 9.04. The van der Waals surface area contributed by atoms with E-state index < -0.39 is 0 Å². The van der Waals surface area contributed by atoms with Crippen LogP contribution in [0, 0.1) is 13.8 Å². The lowest BCUT2D eigenvalue weighted by Gasteiger charge is -2.21. The lowest BCUT2D eigenvalue weighted by Crippen LogP contribution is -2.48. The van der Waals surface area contributed by atoms with Gasteiger partial charge in [-0.1, -0.05) is 0 Å². The van der Waals surface area contributed by atoms with E-state index >= 15 is 0 Å². The maximum Gasteiger partial charge on any atom is 0.239 e. The average molecular weight is 335 g/mol. The quantitative estimate of drug-likeness (QED) is 0.557. The van der Waals surface area contributed by atoms with Crippen LogP contribution < -0.4 is 20.7 Å². The summed E-state index contributed by atoms with van der Waals surface area (Å²) in [6.45, 7) is 10.4. The number of aliphatic imine (C=N–C) groups is 1. The highest BCUT2D eigenvalue weighted by Crippen LogP contribution is 2.23. The van der Waals surface area contributed by atoms with Crippen molar-refractivity contribution in [1.82, 2.24) is 20.9 Å². The third-order valence-corrected chi connectivity index (χ3v) is 3.33. The Morgan fingerprint density at radius 2 is 1.96 bits per heavy atom. The first-order valence-electron chi connectivity index (χ1n) is 7.92. The number of nitrogens with one attached hydrogen (secondary N) is 3. The van der Waals surface area contributed by atoms with Crippen molar-refractivity contribution < 1.29 is 9.53 Å². The van der Waals surface area contributed by atoms with Crippen molar-refractivity contribution in [2.24, 2.45) is 4.99 Å². The van der Waals surface area contributed by atoms with Gasteiger partial charge in [0.15, 0.2) is 5.96 Å². The van der Waals surface area contributed by atoms with Crippen molar-refractivity contribution in [1.29, 1.82) is 0 Å². The van der Waals surface area contributed by atoms with Crippen LogP contribution in [-0.2, 0) is 11.3 Å². The van der Waals surface area contributed by atoms with Crippen molar-refractivity contribution in [3.8, 4) is 5.75 Å². The Labute approximate surface area is 144 Å². The molecule has 1 aromatic heterocycles. The van der Waals surface area contributed by atoms with Crippen LogP contribution in [0.2, 0.25) is 0 Å². The number of hydrogen-bond donors (Lipinski definition) is 3. The van der Waals surface area contributed by atoms with Crippen LogP contribution in [0.4, 0.5) is 0 Å². The second kappa shape index (κ2) is 8.52. The van der Waals surface area contributed by atoms with Crippen LogP contribution >= 0.6 is 0 Å². The number of methoxy groups -OCH3 is 1. The van der Waals surface area contributed by atoms with Crippen molar-refractivity contribution in [2.75, 3.05) is 20.7 Å². The number of aromatic nitrogens is 1. The average Bonchev–Trinajstić information content (AvgIpc) is 2.48. The van der Waals surface area contributed by atoms with Gasteiger partial charge in [0.25, 0.3) is 0 Å². The molecule has 1 amide bonds. The van der Waals surface area contributed by atoms with Crippen molar-refractivity contribution in [3.05, 3.63) is 23.0 Å². The van der Waals surface area contributed by atoms with Gasteiger partial charge >= 0.3 is 0 Å². The molecule has 0 aliphatic rings. The van der Waals surface area contributed by atoms with Gasteiger partial charge in [-0.3, -0.25) is 14.8 Å². The number of hydrogen-bond acceptors (Lipinski definition) is 4. The van der Waals surface area contributed by atoms with E-state index in [1.807, 2.05) is 34.6 Å². The zero-order valence-electron chi connectivity index (χ0n) is 15.7. The molecule has 0 aliphatic heterocycles. The second-order valence-electron chi connectivity index (χ2n) is 6.62. The molecule has 0 spiro atoms. The molecule has 7 heteroatoms. The molecule has 0 bridgehead atoms. The molecule has 0 saturated heterocycles. The van der Waals surface area contributed by atoms with Gasteiger partial charge in [0.2, 0.25) is 5.91 Å². The number of guanidine groups is 1. The molecular weight excluding hydrogens is 306 g/mol. The fraction of sp³-hybridized carbons (Fsp3) is 0.588. The standard InChI is InChI=1S/C17H29N5O2/c1-11-8-19-13(12(2)15(11)24-7)9-20-16(18-6)21-10-14(23)22-17(3,4)5/h8H,9-10H2,1-7H3,(H,22,23)(H2,18,20,21). The van der Waals surface area contributed by atoms with E-state index in [4.69, 9.17) is 4.74 Å². The van der Waals surface area contributed by atoms with Gasteiger partial charge in [-0.2, -0.15) is 0 Å². The molecule has 0 saturated carbocycles. The molecule has 24 heavy (non-hydrogen) atoms. The molecule has 1 heterocycles. The van der Waals surface area contributed by atoms with Gasteiger partial charge in [0.1, 0.15) is 5.75 Å². The van der Waals surface area contributed by atoms with E-state index in [1.165, 1.54) is 0 Å². The number of aryl methyl sites for hydroxylation is 1. The number of carbonyl (C=O) groups is 1. The minimum absolute atomic E-state index is 0.0863. The molecule has 0 aliphatic carbocycles. The largest absolute Gasteiger partial charge is 0.496 e. The first-order chi connectivity index (χ1) is 11.2. The fourth-order valence-corrected chi connectivity index (χ4v) is 2.26. The SMILES string of the molecule is CN=C(NCC(=O)NC(C)(C)C)NCc1ncc(C)c(OC)c1C. The molecule has 1 rings (SSSR count). The van der Waals surface area contributed by atoms with Crippen LogP contribution in [0.3, 0.4) is 0 Å². The van der Waals surface area contributed by atoms with E-state index in [0.717, 1.165) is 22.6 Å². The van der Waals surface area contributed by atoms with E-state index in [-0.39, 0.29) is 18.0 Å². The minimum Gasteiger partial charge on any atom is -0.496 e. The number of amides is 1. The zero-order chi connectivity index (χ0) is 18.3. The van der Waals surface area contributed by atoms with Crippen LogP contribution in [-0.4, -0.2) is 43.1 Å². The maximum absolute atomic E-state index is 11.8. The highest BCUT2D eigenvalue weighted by Gasteiger charge is 2.14. The Balaban J connectivity index is 2.61. The van der Waals surface area contributed by atoms with Crippen LogP contribution in [0.25, 0.3) is 0 Å². The summed E-state index contributed by atoms with van der Waals surface area (Å²) in [5.74, 6) is 1.30. The summed E-state index contributed by atoms with van der Waals surface area (Å²) in [6.07, 6.45) is 1.79. The third-order valence-electron chi connectivity index (χ3n) is 3.33. The first kappa shape index (κ1) is 19.7. The van der Waals surface area contributed by atoms with Crippen LogP contribution in [0.5, 0.6) is 5.75 Å². The van der Waals surface area contributed by atoms with Gasteiger partial charge in [-0.25, -0.2) is 0 Å². The normalized spacial score (nSPS) is 11.9. The van der Waals surface area contributed by atoms with E-state index in [2.05, 4.69) is 25.9 Å². The monoisotopic (exact) mass is 335 g/mol. The van der Waals surface area contributed by atoms with Crippen molar-refractivity contribution in [3.63, 3.8) is 0 Å². The van der Waals surface area contributed by atoms with Gasteiger partial charge in [0, 0.05) is 29.9 Å². The molecule has 3 N–H and O–H groups in total. The summed E-state index contributed by atoms with van der Waals surface area (Å²) in [5.41, 5.74) is 2.61. The molecule has 1 aromatic rings. The molecule has 134 valence electrons. The van der Waals surface area contributed by atoms with Crippen LogP contribution in [0.15, 0.2) is 11.2 Å². The Hall–Kier alpha value is -2.31. The van der Waals surface area contributed by atoms with E-state index in [1.54, 1.807) is 20.4 Å². The summed E-state index contributed by atoms with van der Waals surface area (Å²) in [4.78, 5) is 20.4. The summed E-state index contributed by atoms with van der Waals surface area (Å²) < 4.78 is 5.41. The smallest absolute Gasteiger partial charge is 0.239 e. The molecule has 0 atom stereocenters. The predicted octanol–water partition coefficient (Wildman–Crippen LogP) is 1.29. The van der Waals surface area contributed by atoms with E-state index in [9.17, 15) is 4.79 Å². The van der Waals surface area contributed by atoms with Gasteiger partial charge in [0.05, 0.1) is 25.9 Å². The van der Waals surface area contributed by atoms with Gasteiger partial charge in [-0.05, 0) is 34.6 Å². The number of nitrogens with zero attached hydrogens (tertiary/aromatic N) is 2. The molecule has 0 unspecified atom stereocenters. The Morgan fingerprint density at radius 1 is 1.29 bits per heavy atom. The number of rotatable bonds is 5. The second-order valence-corrected chi connectivity index (χ2v) is 6.62. The Bertz CT molecular complexity index is 606. The number of carbonyl (C=O) groups excluding carboxylic acids is 1. The van der Waals surface area contributed by atoms with E-state index in [0.29, 0.717) is 12.5 Å². The Kier molecular flexibility index (Phi) is 7.00. The fourth-order valence-electron chi connectivity index (χ4n) is 2.26.